The molecule has 6 N–H and O–H groups in total. The molecule has 5 atom stereocenters. The van der Waals surface area contributed by atoms with E-state index in [9.17, 15) is 32.7 Å². The third-order valence-electron chi connectivity index (χ3n) is 7.98. The molecule has 0 radical (unpaired) electrons. The fourth-order valence-electron chi connectivity index (χ4n) is 5.22. The molecule has 0 saturated carbocycles. The zero-order valence-electron chi connectivity index (χ0n) is 30.2. The highest BCUT2D eigenvalue weighted by Crippen LogP contribution is 2.21. The lowest BCUT2D eigenvalue weighted by Gasteiger charge is -2.29. The van der Waals surface area contributed by atoms with E-state index >= 15 is 0 Å². The van der Waals surface area contributed by atoms with Crippen molar-refractivity contribution in [1.82, 2.24) is 21.3 Å². The fourth-order valence-corrected chi connectivity index (χ4v) is 5.84. The van der Waals surface area contributed by atoms with Gasteiger partial charge in [-0.1, -0.05) is 65.0 Å². The van der Waals surface area contributed by atoms with Gasteiger partial charge in [-0.3, -0.25) is 23.9 Å². The Labute approximate surface area is 291 Å². The Hall–Kier alpha value is -3.97. The highest BCUT2D eigenvalue weighted by molar-refractivity contribution is 7.92. The summed E-state index contributed by atoms with van der Waals surface area (Å²) in [6, 6.07) is 11.4. The zero-order chi connectivity index (χ0) is 37.1. The maximum absolute atomic E-state index is 13.7. The van der Waals surface area contributed by atoms with Crippen molar-refractivity contribution in [3.63, 3.8) is 0 Å². The second kappa shape index (κ2) is 18.7. The van der Waals surface area contributed by atoms with E-state index in [0.29, 0.717) is 6.42 Å². The van der Waals surface area contributed by atoms with Crippen molar-refractivity contribution in [3.8, 4) is 0 Å². The molecule has 0 aromatic heterocycles. The van der Waals surface area contributed by atoms with Crippen molar-refractivity contribution in [2.45, 2.75) is 105 Å². The number of amides is 4. The van der Waals surface area contributed by atoms with Gasteiger partial charge in [0.2, 0.25) is 21.8 Å². The summed E-state index contributed by atoms with van der Waals surface area (Å²) in [4.78, 5) is 52.8. The lowest BCUT2D eigenvalue weighted by atomic mass is 9.91. The van der Waals surface area contributed by atoms with Gasteiger partial charge in [-0.15, -0.1) is 0 Å². The molecule has 5 unspecified atom stereocenters. The number of benzene rings is 2. The van der Waals surface area contributed by atoms with Gasteiger partial charge in [0.25, 0.3) is 11.8 Å². The van der Waals surface area contributed by atoms with Crippen LogP contribution in [0, 0.1) is 17.8 Å². The quantitative estimate of drug-likeness (QED) is 0.135. The molecule has 49 heavy (non-hydrogen) atoms. The lowest BCUT2D eigenvalue weighted by Crippen LogP contribution is -2.53. The van der Waals surface area contributed by atoms with Crippen molar-refractivity contribution < 1.29 is 32.7 Å². The maximum Gasteiger partial charge on any atom is 0.251 e. The molecule has 13 heteroatoms. The number of carbonyl (C=O) groups excluding carboxylic acids is 4. The standard InChI is InChI=1S/C36H55N5O7S/c1-10-49(47,48)41-29-19-27(34(44)38-25(9)26-14-12-11-13-15-26)18-28(20-29)35(45)39-30(16-21(2)3)31(42)17-24(8)33(43)40-32(22(4)5)36(46)37-23(6)7/h11-15,18-25,30-32,41-42H,10,16-17H2,1-9H3,(H,37,46)(H,38,44)(H,39,45)(H,40,43). The molecule has 0 aliphatic rings. The number of hydrogen-bond donors (Lipinski definition) is 6. The van der Waals surface area contributed by atoms with Crippen molar-refractivity contribution in [2.24, 2.45) is 17.8 Å². The van der Waals surface area contributed by atoms with Crippen molar-refractivity contribution in [3.05, 3.63) is 65.2 Å². The third-order valence-corrected chi connectivity index (χ3v) is 9.29. The van der Waals surface area contributed by atoms with Crippen LogP contribution in [-0.4, -0.2) is 67.1 Å². The van der Waals surface area contributed by atoms with Gasteiger partial charge in [-0.2, -0.15) is 0 Å². The van der Waals surface area contributed by atoms with E-state index in [1.165, 1.54) is 25.1 Å². The molecule has 2 aromatic carbocycles. The molecular formula is C36H55N5O7S. The van der Waals surface area contributed by atoms with Crippen molar-refractivity contribution in [2.75, 3.05) is 10.5 Å². The SMILES string of the molecule is CCS(=O)(=O)Nc1cc(C(=O)NC(C)c2ccccc2)cc(C(=O)NC(CC(C)C)C(O)CC(C)C(=O)NC(C(=O)NC(C)C)C(C)C)c1. The highest BCUT2D eigenvalue weighted by Gasteiger charge is 2.30. The summed E-state index contributed by atoms with van der Waals surface area (Å²) in [6.45, 7) is 16.1. The Bertz CT molecular complexity index is 1530. The number of hydrogen-bond acceptors (Lipinski definition) is 7. The highest BCUT2D eigenvalue weighted by atomic mass is 32.2. The number of rotatable bonds is 18. The Balaban J connectivity index is 2.31. The minimum atomic E-state index is -3.74. The summed E-state index contributed by atoms with van der Waals surface area (Å²) in [7, 11) is -3.74. The predicted octanol–water partition coefficient (Wildman–Crippen LogP) is 4.14. The van der Waals surface area contributed by atoms with Crippen LogP contribution in [0.1, 0.15) is 107 Å². The van der Waals surface area contributed by atoms with Crippen LogP contribution < -0.4 is 26.0 Å². The van der Waals surface area contributed by atoms with E-state index < -0.39 is 51.9 Å². The van der Waals surface area contributed by atoms with Gasteiger partial charge in [-0.25, -0.2) is 8.42 Å². The number of anilines is 1. The van der Waals surface area contributed by atoms with Gasteiger partial charge in [0.15, 0.2) is 0 Å². The minimum absolute atomic E-state index is 0.00147. The molecule has 12 nitrogen and oxygen atoms in total. The van der Waals surface area contributed by atoms with Gasteiger partial charge in [-0.05, 0) is 76.1 Å². The van der Waals surface area contributed by atoms with Gasteiger partial charge in [0.1, 0.15) is 6.04 Å². The Morgan fingerprint density at radius 2 is 1.31 bits per heavy atom. The molecule has 2 aromatic rings. The molecule has 0 aliphatic heterocycles. The second-order valence-electron chi connectivity index (χ2n) is 13.7. The van der Waals surface area contributed by atoms with E-state index in [4.69, 9.17) is 0 Å². The topological polar surface area (TPSA) is 183 Å². The second-order valence-corrected chi connectivity index (χ2v) is 15.7. The average molecular weight is 702 g/mol. The maximum atomic E-state index is 13.7. The monoisotopic (exact) mass is 701 g/mol. The van der Waals surface area contributed by atoms with Crippen LogP contribution >= 0.6 is 0 Å². The van der Waals surface area contributed by atoms with Gasteiger partial charge >= 0.3 is 0 Å². The summed E-state index contributed by atoms with van der Waals surface area (Å²) in [5.41, 5.74) is 0.983. The summed E-state index contributed by atoms with van der Waals surface area (Å²) >= 11 is 0. The van der Waals surface area contributed by atoms with Gasteiger partial charge in [0.05, 0.1) is 29.6 Å². The molecule has 0 saturated heterocycles. The normalized spacial score (nSPS) is 14.8. The largest absolute Gasteiger partial charge is 0.391 e. The van der Waals surface area contributed by atoms with Crippen LogP contribution in [-0.2, 0) is 19.6 Å². The first kappa shape index (κ1) is 41.2. The molecule has 2 rings (SSSR count). The average Bonchev–Trinajstić information content (AvgIpc) is 3.02. The molecule has 0 bridgehead atoms. The van der Waals surface area contributed by atoms with E-state index in [0.717, 1.165) is 5.56 Å². The molecule has 4 amide bonds. The van der Waals surface area contributed by atoms with Crippen molar-refractivity contribution >= 4 is 39.3 Å². The zero-order valence-corrected chi connectivity index (χ0v) is 31.0. The Morgan fingerprint density at radius 3 is 1.82 bits per heavy atom. The van der Waals surface area contributed by atoms with Gasteiger partial charge < -0.3 is 26.4 Å². The van der Waals surface area contributed by atoms with Gasteiger partial charge in [0, 0.05) is 23.1 Å². The number of nitrogens with one attached hydrogen (secondary N) is 5. The van der Waals surface area contributed by atoms with E-state index in [1.807, 2.05) is 78.8 Å². The summed E-state index contributed by atoms with van der Waals surface area (Å²) in [5, 5.41) is 22.7. The van der Waals surface area contributed by atoms with Crippen LogP contribution in [0.5, 0.6) is 0 Å². The molecule has 0 heterocycles. The van der Waals surface area contributed by atoms with Crippen LogP contribution in [0.3, 0.4) is 0 Å². The Kier molecular flexibility index (Phi) is 15.7. The van der Waals surface area contributed by atoms with E-state index in [-0.39, 0.29) is 58.8 Å². The van der Waals surface area contributed by atoms with Crippen LogP contribution in [0.15, 0.2) is 48.5 Å². The van der Waals surface area contributed by atoms with Crippen molar-refractivity contribution in [1.29, 1.82) is 0 Å². The fraction of sp³-hybridized carbons (Fsp3) is 0.556. The Morgan fingerprint density at radius 1 is 0.735 bits per heavy atom. The summed E-state index contributed by atoms with van der Waals surface area (Å²) in [6.07, 6.45) is -0.761. The third kappa shape index (κ3) is 13.5. The molecule has 272 valence electrons. The molecular weight excluding hydrogens is 646 g/mol. The minimum Gasteiger partial charge on any atom is -0.391 e. The first-order chi connectivity index (χ1) is 22.8. The number of carbonyl (C=O) groups is 4. The molecule has 0 aliphatic carbocycles. The molecule has 0 fully saturated rings. The smallest absolute Gasteiger partial charge is 0.251 e. The van der Waals surface area contributed by atoms with Crippen LogP contribution in [0.25, 0.3) is 0 Å². The van der Waals surface area contributed by atoms with E-state index in [2.05, 4.69) is 26.0 Å². The number of sulfonamides is 1. The van der Waals surface area contributed by atoms with Crippen LogP contribution in [0.4, 0.5) is 5.69 Å². The molecule has 0 spiro atoms. The first-order valence-electron chi connectivity index (χ1n) is 16.9. The first-order valence-corrected chi connectivity index (χ1v) is 18.6. The number of aliphatic hydroxyl groups is 1. The predicted molar refractivity (Wildman–Crippen MR) is 192 cm³/mol. The van der Waals surface area contributed by atoms with Crippen LogP contribution in [0.2, 0.25) is 0 Å². The summed E-state index contributed by atoms with van der Waals surface area (Å²) < 4.78 is 27.3. The number of aliphatic hydroxyl groups excluding tert-OH is 1. The summed E-state index contributed by atoms with van der Waals surface area (Å²) in [5.74, 6) is -2.85. The van der Waals surface area contributed by atoms with E-state index in [1.54, 1.807) is 6.92 Å². The lowest BCUT2D eigenvalue weighted by molar-refractivity contribution is -0.132.